The number of aliphatic imine (C=N–C) groups is 1. The number of amides is 6. The van der Waals surface area contributed by atoms with Gasteiger partial charge in [-0.15, -0.1) is 0 Å². The van der Waals surface area contributed by atoms with E-state index in [2.05, 4.69) is 80.1 Å². The molecule has 0 radical (unpaired) electrons. The fourth-order valence-electron chi connectivity index (χ4n) is 13.9. The van der Waals surface area contributed by atoms with Crippen LogP contribution in [0.2, 0.25) is 0 Å². The predicted molar refractivity (Wildman–Crippen MR) is 332 cm³/mol. The summed E-state index contributed by atoms with van der Waals surface area (Å²) in [5.74, 6) is 0.579. The Morgan fingerprint density at radius 1 is 0.556 bits per heavy atom. The molecule has 8 aromatic rings. The van der Waals surface area contributed by atoms with Crippen LogP contribution in [0.4, 0.5) is 33.1 Å². The molecule has 10 atom stereocenters. The number of guanidine groups is 1. The van der Waals surface area contributed by atoms with E-state index >= 15 is 0 Å². The maximum absolute atomic E-state index is 14.1. The molecule has 11 N–H and O–H groups in total. The summed E-state index contributed by atoms with van der Waals surface area (Å²) in [5.41, 5.74) is 12.1. The summed E-state index contributed by atoms with van der Waals surface area (Å²) in [5, 5.41) is 62.1. The van der Waals surface area contributed by atoms with Gasteiger partial charge in [0.1, 0.15) is 31.0 Å². The molecular formula is C63H69N19O8. The third kappa shape index (κ3) is 11.0. The van der Waals surface area contributed by atoms with Crippen LogP contribution in [0, 0.1) is 0 Å². The number of nitrogens with one attached hydrogen (secondary N) is 5. The summed E-state index contributed by atoms with van der Waals surface area (Å²) in [4.78, 5) is 92.8. The molecule has 464 valence electrons. The van der Waals surface area contributed by atoms with Crippen LogP contribution in [0.25, 0.3) is 22.3 Å². The topological polar surface area (TPSA) is 348 Å². The second kappa shape index (κ2) is 24.3. The highest BCUT2D eigenvalue weighted by Crippen LogP contribution is 2.40. The number of benzene rings is 4. The molecule has 0 spiro atoms. The van der Waals surface area contributed by atoms with Crippen molar-refractivity contribution in [1.29, 1.82) is 0 Å². The van der Waals surface area contributed by atoms with Gasteiger partial charge in [0.05, 0.1) is 43.4 Å². The van der Waals surface area contributed by atoms with Gasteiger partial charge in [0.25, 0.3) is 5.91 Å². The molecule has 0 bridgehead atoms. The van der Waals surface area contributed by atoms with Crippen LogP contribution in [0.15, 0.2) is 139 Å². The number of imidazole rings is 2. The highest BCUT2D eigenvalue weighted by Gasteiger charge is 2.51. The maximum Gasteiger partial charge on any atom is 0.324 e. The van der Waals surface area contributed by atoms with Crippen LogP contribution in [0.5, 0.6) is 0 Å². The number of nitrogens with zero attached hydrogens (tertiary/aromatic N) is 13. The minimum atomic E-state index is -1.43. The molecule has 2 saturated carbocycles. The average Bonchev–Trinajstić information content (AvgIpc) is 1.77. The molecule has 4 aromatic carbocycles. The van der Waals surface area contributed by atoms with Crippen LogP contribution in [-0.4, -0.2) is 200 Å². The number of nitrogens with two attached hydrogens (primary N) is 1. The predicted octanol–water partition coefficient (Wildman–Crippen LogP) is 2.39. The van der Waals surface area contributed by atoms with Gasteiger partial charge < -0.3 is 71.7 Å². The van der Waals surface area contributed by atoms with Gasteiger partial charge in [0, 0.05) is 63.2 Å². The van der Waals surface area contributed by atoms with Gasteiger partial charge in [0.2, 0.25) is 17.8 Å². The lowest BCUT2D eigenvalue weighted by Gasteiger charge is -2.26. The summed E-state index contributed by atoms with van der Waals surface area (Å²) in [6.45, 7) is 2.23. The van der Waals surface area contributed by atoms with E-state index in [4.69, 9.17) is 35.6 Å². The molecule has 14 rings (SSSR count). The number of urea groups is 2. The Morgan fingerprint density at radius 2 is 0.967 bits per heavy atom. The molecule has 2 aliphatic carbocycles. The number of anilines is 4. The molecule has 0 unspecified atom stereocenters. The molecule has 5 fully saturated rings. The smallest absolute Gasteiger partial charge is 0.324 e. The zero-order valence-electron chi connectivity index (χ0n) is 48.9. The lowest BCUT2D eigenvalue weighted by Crippen LogP contribution is -2.50. The molecule has 90 heavy (non-hydrogen) atoms. The zero-order chi connectivity index (χ0) is 61.7. The van der Waals surface area contributed by atoms with Gasteiger partial charge in [-0.1, -0.05) is 121 Å². The van der Waals surface area contributed by atoms with Gasteiger partial charge in [-0.2, -0.15) is 19.9 Å². The third-order valence-electron chi connectivity index (χ3n) is 18.6. The first-order valence-electron chi connectivity index (χ1n) is 30.5. The summed E-state index contributed by atoms with van der Waals surface area (Å²) >= 11 is 0. The Kier molecular flexibility index (Phi) is 15.6. The van der Waals surface area contributed by atoms with Gasteiger partial charge >= 0.3 is 12.1 Å². The lowest BCUT2D eigenvalue weighted by atomic mass is 9.91. The number of aromatic nitrogens is 8. The maximum atomic E-state index is 14.1. The Labute approximate surface area is 516 Å². The van der Waals surface area contributed by atoms with E-state index in [1.807, 2.05) is 82.6 Å². The molecular weight excluding hydrogens is 1150 g/mol. The quantitative estimate of drug-likeness (QED) is 0.0551. The molecule has 3 saturated heterocycles. The summed E-state index contributed by atoms with van der Waals surface area (Å²) in [6.07, 6.45) is -0.996. The first-order valence-corrected chi connectivity index (χ1v) is 30.5. The second-order valence-electron chi connectivity index (χ2n) is 23.9. The Hall–Kier alpha value is -9.83. The number of imide groups is 1. The molecule has 4 aliphatic heterocycles. The van der Waals surface area contributed by atoms with Crippen molar-refractivity contribution in [3.05, 3.63) is 156 Å². The van der Waals surface area contributed by atoms with Crippen LogP contribution in [-0.2, 0) is 9.59 Å². The molecule has 8 heterocycles. The lowest BCUT2D eigenvalue weighted by molar-refractivity contribution is -0.129. The number of fused-ring (bicyclic) bond motifs is 2. The number of aliphatic hydroxyl groups excluding tert-OH is 4. The third-order valence-corrected chi connectivity index (χ3v) is 18.6. The minimum absolute atomic E-state index is 0.00715. The highest BCUT2D eigenvalue weighted by atomic mass is 16.3. The monoisotopic (exact) mass is 1220 g/mol. The van der Waals surface area contributed by atoms with E-state index < -0.39 is 60.5 Å². The van der Waals surface area contributed by atoms with Gasteiger partial charge in [-0.05, 0) is 47.9 Å². The van der Waals surface area contributed by atoms with E-state index in [1.165, 1.54) is 11.2 Å². The van der Waals surface area contributed by atoms with Crippen molar-refractivity contribution in [1.82, 2.24) is 64.8 Å². The number of hydrogen-bond acceptors (Lipinski definition) is 20. The normalized spacial score (nSPS) is 25.2. The Morgan fingerprint density at radius 3 is 1.36 bits per heavy atom. The Bertz CT molecular complexity index is 3680. The summed E-state index contributed by atoms with van der Waals surface area (Å²) in [7, 11) is 0. The zero-order valence-corrected chi connectivity index (χ0v) is 48.9. The average molecular weight is 1220 g/mol. The van der Waals surface area contributed by atoms with E-state index in [1.54, 1.807) is 15.5 Å². The van der Waals surface area contributed by atoms with Gasteiger partial charge in [-0.3, -0.25) is 19.4 Å². The number of carbonyl (C=O) groups is 4. The number of carbonyl (C=O) groups excluding carboxylic acids is 4. The molecule has 27 heteroatoms. The first kappa shape index (κ1) is 57.9. The van der Waals surface area contributed by atoms with Crippen molar-refractivity contribution in [2.75, 3.05) is 72.8 Å². The van der Waals surface area contributed by atoms with Crippen molar-refractivity contribution in [3.8, 4) is 0 Å². The fourth-order valence-corrected chi connectivity index (χ4v) is 13.9. The molecule has 6 amide bonds. The van der Waals surface area contributed by atoms with Crippen LogP contribution in [0.1, 0.15) is 71.9 Å². The number of rotatable bonds is 18. The second-order valence-corrected chi connectivity index (χ2v) is 23.9. The van der Waals surface area contributed by atoms with Crippen molar-refractivity contribution < 1.29 is 39.6 Å². The van der Waals surface area contributed by atoms with Gasteiger partial charge in [-0.25, -0.2) is 24.5 Å². The Balaban J connectivity index is 0.698. The first-order chi connectivity index (χ1) is 43.8. The van der Waals surface area contributed by atoms with Crippen molar-refractivity contribution in [2.45, 2.75) is 98.2 Å². The van der Waals surface area contributed by atoms with Crippen molar-refractivity contribution in [2.24, 2.45) is 10.7 Å². The van der Waals surface area contributed by atoms with E-state index in [0.717, 1.165) is 27.2 Å². The minimum Gasteiger partial charge on any atom is -0.388 e. The van der Waals surface area contributed by atoms with Crippen molar-refractivity contribution >= 4 is 75.7 Å². The standard InChI is InChI=1S/C63H69N19O8/c64-59-67-29-47(83)81(59)45-25-43(51(85)53(45)87)79-33-69-49-55(65-27-41(35-13-5-1-6-14-35)36-15-7-2-8-16-36)73-60(75-57(49)79)77-23-21-39(31-77)71-62(89)72-40-22-24-78(32-40)61-74-56(66-28-42(37-17-9-3-10-18-37)38-19-11-4-12-20-38)50-58(76-61)80(34-70-50)44-26-46(54(88)52(44)86)82-48(84)30-68-63(82)90/h1-20,33-34,39-46,51-54,85-88H,21-32H2,(H2,64,67)(H,68,90)(H,65,73,75)(H,66,74,76)(H2,71,72,89)/t39-,40-,43-,44-,45+,46+,51+,52+,53-,54-/m1/s1. The summed E-state index contributed by atoms with van der Waals surface area (Å²) in [6, 6.07) is 35.7. The molecule has 4 aromatic heterocycles. The van der Waals surface area contributed by atoms with Crippen LogP contribution >= 0.6 is 0 Å². The largest absolute Gasteiger partial charge is 0.388 e. The van der Waals surface area contributed by atoms with E-state index in [9.17, 15) is 39.6 Å². The van der Waals surface area contributed by atoms with Crippen LogP contribution < -0.4 is 42.1 Å². The fraction of sp³-hybridized carbons (Fsp3) is 0.381. The highest BCUT2D eigenvalue weighted by molar-refractivity contribution is 6.03. The van der Waals surface area contributed by atoms with Gasteiger partial charge in [0.15, 0.2) is 39.9 Å². The molecule has 6 aliphatic rings. The number of aliphatic hydroxyl groups is 4. The van der Waals surface area contributed by atoms with Crippen molar-refractivity contribution in [3.63, 3.8) is 0 Å². The van der Waals surface area contributed by atoms with E-state index in [-0.39, 0.29) is 67.7 Å². The SMILES string of the molecule is NC1=NCC(=O)N1[C@H]1C[C@@H](n2cnc3c(NCC(c4ccccc4)c4ccccc4)nc(N4CC[C@@H](NC(=O)N[C@@H]5CCN(c6nc(NCC(c7ccccc7)c7ccccc7)c7ncn([C@@H]8C[C@H](N9C(=O)CNC9=O)[C@@H](O)[C@H]8O)c7n6)C5)C4)nc32)[C@H](O)[C@@H]1O. The summed E-state index contributed by atoms with van der Waals surface area (Å²) < 4.78 is 3.41. The number of hydrogen-bond donors (Lipinski definition) is 10. The molecule has 27 nitrogen and oxygen atoms in total. The van der Waals surface area contributed by atoms with E-state index in [0.29, 0.717) is 98.0 Å². The van der Waals surface area contributed by atoms with Crippen LogP contribution in [0.3, 0.4) is 0 Å².